The Morgan fingerprint density at radius 2 is 1.93 bits per heavy atom. The Kier molecular flexibility index (Phi) is 7.61. The first-order valence-corrected chi connectivity index (χ1v) is 11.6. The van der Waals surface area contributed by atoms with E-state index in [1.54, 1.807) is 13.8 Å². The van der Waals surface area contributed by atoms with Gasteiger partial charge in [0.15, 0.2) is 0 Å². The summed E-state index contributed by atoms with van der Waals surface area (Å²) in [5.41, 5.74) is 0. The molecule has 0 amide bonds. The molecule has 0 aromatic rings. The first kappa shape index (κ1) is 23.3. The Bertz CT molecular complexity index is 644. The van der Waals surface area contributed by atoms with E-state index in [-0.39, 0.29) is 36.5 Å². The van der Waals surface area contributed by atoms with Crippen LogP contribution in [0.5, 0.6) is 0 Å². The van der Waals surface area contributed by atoms with E-state index in [2.05, 4.69) is 26.0 Å². The zero-order valence-corrected chi connectivity index (χ0v) is 18.7. The van der Waals surface area contributed by atoms with E-state index in [1.807, 2.05) is 0 Å². The highest BCUT2D eigenvalue weighted by Gasteiger charge is 2.45. The van der Waals surface area contributed by atoms with Crippen LogP contribution in [0.1, 0.15) is 66.2 Å². The third kappa shape index (κ3) is 5.44. The third-order valence-electron chi connectivity index (χ3n) is 7.48. The van der Waals surface area contributed by atoms with Gasteiger partial charge in [0.25, 0.3) is 0 Å². The molecule has 6 nitrogen and oxygen atoms in total. The number of aliphatic hydroxyl groups is 2. The van der Waals surface area contributed by atoms with Crippen LogP contribution in [-0.4, -0.2) is 46.6 Å². The number of ether oxygens (including phenoxy) is 2. The lowest BCUT2D eigenvalue weighted by atomic mass is 9.60. The molecule has 0 aromatic heterocycles. The monoisotopic (exact) mass is 422 g/mol. The van der Waals surface area contributed by atoms with Crippen molar-refractivity contribution in [2.75, 3.05) is 0 Å². The van der Waals surface area contributed by atoms with Gasteiger partial charge in [0.05, 0.1) is 24.5 Å². The van der Waals surface area contributed by atoms with Crippen molar-refractivity contribution in [1.29, 1.82) is 0 Å². The number of hydrogen-bond acceptors (Lipinski definition) is 6. The molecule has 0 aromatic carbocycles. The molecular formula is C24H38O6. The van der Waals surface area contributed by atoms with Gasteiger partial charge in [0.2, 0.25) is 0 Å². The molecule has 0 spiro atoms. The number of esters is 2. The van der Waals surface area contributed by atoms with Crippen molar-refractivity contribution in [2.45, 2.75) is 90.6 Å². The number of fused-ring (bicyclic) bond motifs is 1. The summed E-state index contributed by atoms with van der Waals surface area (Å²) < 4.78 is 11.5. The van der Waals surface area contributed by atoms with Gasteiger partial charge >= 0.3 is 11.9 Å². The first-order chi connectivity index (χ1) is 14.2. The number of hydrogen-bond donors (Lipinski definition) is 2. The Balaban J connectivity index is 1.72. The van der Waals surface area contributed by atoms with E-state index >= 15 is 0 Å². The lowest BCUT2D eigenvalue weighted by Gasteiger charge is -2.47. The normalized spacial score (nSPS) is 40.8. The SMILES string of the molecule is CC(O)[C@H](C)C(=O)O[C@H]1C[C@@H](C)C[C@@H]2C=C[C@H](C)[C@H](CC[C@@H]3C[C@@H](O)CC(=O)O3)[C@@H]12. The molecule has 2 N–H and O–H groups in total. The number of aliphatic hydroxyl groups excluding tert-OH is 2. The number of carbonyl (C=O) groups excluding carboxylic acids is 2. The molecule has 1 aliphatic heterocycles. The van der Waals surface area contributed by atoms with Gasteiger partial charge in [0.1, 0.15) is 12.2 Å². The van der Waals surface area contributed by atoms with Crippen LogP contribution in [0.15, 0.2) is 12.2 Å². The van der Waals surface area contributed by atoms with Crippen molar-refractivity contribution in [2.24, 2.45) is 35.5 Å². The van der Waals surface area contributed by atoms with Crippen molar-refractivity contribution < 1.29 is 29.3 Å². The van der Waals surface area contributed by atoms with Crippen LogP contribution >= 0.6 is 0 Å². The highest BCUT2D eigenvalue weighted by atomic mass is 16.6. The first-order valence-electron chi connectivity index (χ1n) is 11.6. The molecule has 30 heavy (non-hydrogen) atoms. The van der Waals surface area contributed by atoms with Crippen LogP contribution in [0.3, 0.4) is 0 Å². The van der Waals surface area contributed by atoms with Crippen molar-refractivity contribution in [3.63, 3.8) is 0 Å². The second kappa shape index (κ2) is 9.82. The average Bonchev–Trinajstić information content (AvgIpc) is 2.65. The Morgan fingerprint density at radius 3 is 2.60 bits per heavy atom. The minimum Gasteiger partial charge on any atom is -0.462 e. The molecule has 170 valence electrons. The van der Waals surface area contributed by atoms with Gasteiger partial charge in [-0.15, -0.1) is 0 Å². The number of allylic oxidation sites excluding steroid dienone is 2. The number of cyclic esters (lactones) is 1. The van der Waals surface area contributed by atoms with Gasteiger partial charge in [-0.2, -0.15) is 0 Å². The van der Waals surface area contributed by atoms with Gasteiger partial charge in [0, 0.05) is 12.3 Å². The summed E-state index contributed by atoms with van der Waals surface area (Å²) in [7, 11) is 0. The smallest absolute Gasteiger partial charge is 0.311 e. The minimum atomic E-state index is -0.734. The molecule has 3 rings (SSSR count). The van der Waals surface area contributed by atoms with Crippen molar-refractivity contribution >= 4 is 11.9 Å². The predicted octanol–water partition coefficient (Wildman–Crippen LogP) is 3.25. The second-order valence-corrected chi connectivity index (χ2v) is 10.0. The summed E-state index contributed by atoms with van der Waals surface area (Å²) in [6, 6.07) is 0. The van der Waals surface area contributed by atoms with Gasteiger partial charge in [-0.05, 0) is 63.2 Å². The van der Waals surface area contributed by atoms with Crippen LogP contribution in [0.4, 0.5) is 0 Å². The topological polar surface area (TPSA) is 93.1 Å². The maximum Gasteiger partial charge on any atom is 0.311 e. The molecule has 1 saturated carbocycles. The van der Waals surface area contributed by atoms with Crippen molar-refractivity contribution in [3.05, 3.63) is 12.2 Å². The third-order valence-corrected chi connectivity index (χ3v) is 7.48. The number of carbonyl (C=O) groups is 2. The fraction of sp³-hybridized carbons (Fsp3) is 0.833. The summed E-state index contributed by atoms with van der Waals surface area (Å²) in [4.78, 5) is 24.3. The molecule has 3 aliphatic rings. The van der Waals surface area contributed by atoms with E-state index in [0.717, 1.165) is 25.7 Å². The van der Waals surface area contributed by atoms with Crippen LogP contribution in [-0.2, 0) is 19.1 Å². The van der Waals surface area contributed by atoms with Gasteiger partial charge in [-0.3, -0.25) is 9.59 Å². The molecule has 0 bridgehead atoms. The van der Waals surface area contributed by atoms with Gasteiger partial charge in [-0.25, -0.2) is 0 Å². The quantitative estimate of drug-likeness (QED) is 0.504. The van der Waals surface area contributed by atoms with Crippen LogP contribution in [0.25, 0.3) is 0 Å². The largest absolute Gasteiger partial charge is 0.462 e. The lowest BCUT2D eigenvalue weighted by Crippen LogP contribution is -2.46. The molecule has 10 atom stereocenters. The molecule has 1 unspecified atom stereocenters. The molecular weight excluding hydrogens is 384 g/mol. The van der Waals surface area contributed by atoms with Gasteiger partial charge < -0.3 is 19.7 Å². The van der Waals surface area contributed by atoms with Crippen LogP contribution in [0, 0.1) is 35.5 Å². The van der Waals surface area contributed by atoms with Crippen LogP contribution in [0.2, 0.25) is 0 Å². The number of rotatable bonds is 6. The maximum absolute atomic E-state index is 12.6. The Hall–Kier alpha value is -1.40. The van der Waals surface area contributed by atoms with Crippen molar-refractivity contribution in [1.82, 2.24) is 0 Å². The summed E-state index contributed by atoms with van der Waals surface area (Å²) >= 11 is 0. The lowest BCUT2D eigenvalue weighted by molar-refractivity contribution is -0.168. The minimum absolute atomic E-state index is 0.0845. The summed E-state index contributed by atoms with van der Waals surface area (Å²) in [5.74, 6) is 0.554. The van der Waals surface area contributed by atoms with Crippen molar-refractivity contribution in [3.8, 4) is 0 Å². The van der Waals surface area contributed by atoms with E-state index in [1.165, 1.54) is 0 Å². The molecule has 2 fully saturated rings. The molecule has 0 radical (unpaired) electrons. The molecule has 1 heterocycles. The highest BCUT2D eigenvalue weighted by molar-refractivity contribution is 5.72. The predicted molar refractivity (Wildman–Crippen MR) is 112 cm³/mol. The van der Waals surface area contributed by atoms with Crippen LogP contribution < -0.4 is 0 Å². The Labute approximate surface area is 180 Å². The van der Waals surface area contributed by atoms with E-state index in [0.29, 0.717) is 30.1 Å². The second-order valence-electron chi connectivity index (χ2n) is 10.0. The summed E-state index contributed by atoms with van der Waals surface area (Å²) in [6.45, 7) is 7.74. The fourth-order valence-electron chi connectivity index (χ4n) is 5.61. The Morgan fingerprint density at radius 1 is 1.20 bits per heavy atom. The molecule has 1 saturated heterocycles. The van der Waals surface area contributed by atoms with E-state index < -0.39 is 18.1 Å². The average molecular weight is 423 g/mol. The van der Waals surface area contributed by atoms with E-state index in [4.69, 9.17) is 9.47 Å². The highest BCUT2D eigenvalue weighted by Crippen LogP contribution is 2.48. The summed E-state index contributed by atoms with van der Waals surface area (Å²) in [5, 5.41) is 19.7. The van der Waals surface area contributed by atoms with Gasteiger partial charge in [-0.1, -0.05) is 26.0 Å². The molecule has 2 aliphatic carbocycles. The standard InChI is InChI=1S/C24H38O6/c1-13-9-17-6-5-14(2)20(8-7-19-11-18(26)12-22(27)29-19)23(17)21(10-13)30-24(28)15(3)16(4)25/h5-6,13-21,23,25-26H,7-12H2,1-4H3/t13-,14-,15-,16?,17-,18+,19+,20-,21-,23-/m0/s1. The fourth-order valence-corrected chi connectivity index (χ4v) is 5.61. The molecule has 6 heteroatoms. The zero-order chi connectivity index (χ0) is 22.0. The zero-order valence-electron chi connectivity index (χ0n) is 18.7. The van der Waals surface area contributed by atoms with E-state index in [9.17, 15) is 19.8 Å². The maximum atomic E-state index is 12.6. The summed E-state index contributed by atoms with van der Waals surface area (Å²) in [6.07, 6.45) is 6.92.